The van der Waals surface area contributed by atoms with Crippen LogP contribution in [-0.2, 0) is 24.0 Å². The number of quaternary nitrogens is 3. The van der Waals surface area contributed by atoms with E-state index >= 15 is 0 Å². The molecule has 0 aliphatic carbocycles. The van der Waals surface area contributed by atoms with E-state index in [1.54, 1.807) is 12.1 Å². The van der Waals surface area contributed by atoms with Crippen molar-refractivity contribution in [1.82, 2.24) is 0 Å². The number of hydrogen-bond donors (Lipinski definition) is 3. The predicted molar refractivity (Wildman–Crippen MR) is 179 cm³/mol. The predicted octanol–water partition coefficient (Wildman–Crippen LogP) is 3.34. The summed E-state index contributed by atoms with van der Waals surface area (Å²) in [4.78, 5) is 12.7. The molecule has 4 aromatic rings. The van der Waals surface area contributed by atoms with Gasteiger partial charge in [-0.1, -0.05) is 91.0 Å². The summed E-state index contributed by atoms with van der Waals surface area (Å²) in [6.07, 6.45) is 4.76. The van der Waals surface area contributed by atoms with Crippen LogP contribution >= 0.6 is 0 Å². The molecule has 0 spiro atoms. The first-order chi connectivity index (χ1) is 22.4. The molecule has 46 heavy (non-hydrogen) atoms. The van der Waals surface area contributed by atoms with Gasteiger partial charge in [0, 0.05) is 38.5 Å². The first kappa shape index (κ1) is 34.5. The molecular formula is C38H50N3O5+3. The third-order valence-electron chi connectivity index (χ3n) is 7.88. The van der Waals surface area contributed by atoms with Crippen molar-refractivity contribution in [3.8, 4) is 17.2 Å². The number of carbonyl (C=O) groups excluding carboxylic acids is 1. The van der Waals surface area contributed by atoms with E-state index in [0.717, 1.165) is 38.5 Å². The summed E-state index contributed by atoms with van der Waals surface area (Å²) in [6, 6.07) is 34.8. The van der Waals surface area contributed by atoms with Crippen LogP contribution in [0.15, 0.2) is 103 Å². The Kier molecular flexibility index (Phi) is 13.9. The number of carbonyl (C=O) groups is 1. The topological polar surface area (TPSA) is 137 Å². The van der Waals surface area contributed by atoms with Crippen molar-refractivity contribution in [2.75, 3.05) is 26.9 Å². The van der Waals surface area contributed by atoms with Crippen LogP contribution in [0.2, 0.25) is 0 Å². The van der Waals surface area contributed by atoms with Crippen molar-refractivity contribution in [1.29, 1.82) is 0 Å². The maximum atomic E-state index is 12.7. The van der Waals surface area contributed by atoms with Gasteiger partial charge >= 0.3 is 5.97 Å². The lowest BCUT2D eigenvalue weighted by Gasteiger charge is -2.20. The molecule has 0 radical (unpaired) electrons. The fraction of sp³-hybridized carbons (Fsp3) is 0.342. The number of benzene rings is 4. The number of esters is 1. The molecule has 8 heteroatoms. The van der Waals surface area contributed by atoms with Crippen LogP contribution in [0.4, 0.5) is 0 Å². The zero-order chi connectivity index (χ0) is 32.6. The van der Waals surface area contributed by atoms with Crippen molar-refractivity contribution in [2.45, 2.75) is 56.7 Å². The SMILES string of the molecule is COC(=O)c1cc(OCC[C@@H]([NH3+])Cc2ccccc2)c(OCC[C@@H]([NH3+])Cc2ccccc2)c(OCC[C@@H]([NH3+])Cc2ccccc2)c1. The molecule has 0 saturated heterocycles. The van der Waals surface area contributed by atoms with Gasteiger partial charge in [-0.3, -0.25) is 0 Å². The van der Waals surface area contributed by atoms with Crippen LogP contribution in [0, 0.1) is 0 Å². The van der Waals surface area contributed by atoms with Crippen molar-refractivity contribution < 1.29 is 40.9 Å². The fourth-order valence-electron chi connectivity index (χ4n) is 5.32. The van der Waals surface area contributed by atoms with Gasteiger partial charge in [0.2, 0.25) is 5.75 Å². The highest BCUT2D eigenvalue weighted by molar-refractivity contribution is 5.91. The number of ether oxygens (including phenoxy) is 4. The van der Waals surface area contributed by atoms with Crippen molar-refractivity contribution in [2.24, 2.45) is 0 Å². The third kappa shape index (κ3) is 11.5. The summed E-state index contributed by atoms with van der Waals surface area (Å²) < 4.78 is 24.0. The number of rotatable bonds is 19. The molecule has 9 N–H and O–H groups in total. The van der Waals surface area contributed by atoms with Crippen LogP contribution in [0.25, 0.3) is 0 Å². The molecule has 8 nitrogen and oxygen atoms in total. The van der Waals surface area contributed by atoms with E-state index < -0.39 is 5.97 Å². The second-order valence-electron chi connectivity index (χ2n) is 11.9. The zero-order valence-electron chi connectivity index (χ0n) is 27.1. The normalized spacial score (nSPS) is 13.0. The monoisotopic (exact) mass is 628 g/mol. The quantitative estimate of drug-likeness (QED) is 0.137. The number of hydrogen-bond acceptors (Lipinski definition) is 5. The Labute approximate surface area is 272 Å². The van der Waals surface area contributed by atoms with Crippen LogP contribution in [0.5, 0.6) is 17.2 Å². The second-order valence-corrected chi connectivity index (χ2v) is 11.9. The highest BCUT2D eigenvalue weighted by atomic mass is 16.5. The van der Waals surface area contributed by atoms with Gasteiger partial charge in [-0.15, -0.1) is 0 Å². The van der Waals surface area contributed by atoms with Crippen molar-refractivity contribution >= 4 is 5.97 Å². The molecule has 0 heterocycles. The summed E-state index contributed by atoms with van der Waals surface area (Å²) in [5.74, 6) is 0.903. The lowest BCUT2D eigenvalue weighted by Crippen LogP contribution is -2.62. The summed E-state index contributed by atoms with van der Waals surface area (Å²) in [6.45, 7) is 1.24. The lowest BCUT2D eigenvalue weighted by atomic mass is 10.0. The van der Waals surface area contributed by atoms with Crippen LogP contribution in [-0.4, -0.2) is 51.0 Å². The molecule has 4 aromatic carbocycles. The molecule has 0 amide bonds. The highest BCUT2D eigenvalue weighted by Gasteiger charge is 2.21. The summed E-state index contributed by atoms with van der Waals surface area (Å²) in [7, 11) is 1.36. The molecule has 0 unspecified atom stereocenters. The first-order valence-electron chi connectivity index (χ1n) is 16.2. The lowest BCUT2D eigenvalue weighted by molar-refractivity contribution is -0.421. The standard InChI is InChI=1S/C38H47N3O5/c1-43-38(42)31-26-35(44-20-17-32(39)23-28-11-5-2-6-12-28)37(46-22-19-34(41)25-30-15-9-4-10-16-30)36(27-31)45-21-18-33(40)24-29-13-7-3-8-14-29/h2-16,26-27,32-34H,17-25,39-41H2,1H3/p+3/t32-,33-,34-/m1/s1. The van der Waals surface area contributed by atoms with Gasteiger partial charge in [0.15, 0.2) is 11.5 Å². The van der Waals surface area contributed by atoms with E-state index in [0.29, 0.717) is 42.6 Å². The van der Waals surface area contributed by atoms with E-state index in [4.69, 9.17) is 18.9 Å². The van der Waals surface area contributed by atoms with Gasteiger partial charge in [-0.05, 0) is 28.8 Å². The van der Waals surface area contributed by atoms with Gasteiger partial charge in [-0.2, -0.15) is 0 Å². The number of methoxy groups -OCH3 is 1. The minimum absolute atomic E-state index is 0.162. The minimum atomic E-state index is -0.472. The maximum Gasteiger partial charge on any atom is 0.338 e. The largest absolute Gasteiger partial charge is 0.489 e. The van der Waals surface area contributed by atoms with Crippen LogP contribution in [0.3, 0.4) is 0 Å². The van der Waals surface area contributed by atoms with Crippen molar-refractivity contribution in [3.63, 3.8) is 0 Å². The van der Waals surface area contributed by atoms with E-state index in [9.17, 15) is 4.79 Å². The Morgan fingerprint density at radius 1 is 0.565 bits per heavy atom. The van der Waals surface area contributed by atoms with E-state index in [-0.39, 0.29) is 18.1 Å². The Balaban J connectivity index is 1.46. The molecule has 0 aliphatic heterocycles. The van der Waals surface area contributed by atoms with Gasteiger partial charge in [0.1, 0.15) is 0 Å². The maximum absolute atomic E-state index is 12.7. The smallest absolute Gasteiger partial charge is 0.338 e. The van der Waals surface area contributed by atoms with Crippen LogP contribution in [0.1, 0.15) is 46.3 Å². The second kappa shape index (κ2) is 18.6. The summed E-state index contributed by atoms with van der Waals surface area (Å²) >= 11 is 0. The summed E-state index contributed by atoms with van der Waals surface area (Å²) in [5.41, 5.74) is 17.1. The molecule has 0 bridgehead atoms. The third-order valence-corrected chi connectivity index (χ3v) is 7.88. The molecule has 0 aromatic heterocycles. The Hall–Kier alpha value is -4.37. The van der Waals surface area contributed by atoms with E-state index in [1.807, 2.05) is 54.6 Å². The van der Waals surface area contributed by atoms with Gasteiger partial charge in [-0.25, -0.2) is 4.79 Å². The minimum Gasteiger partial charge on any atom is -0.489 e. The Morgan fingerprint density at radius 2 is 0.913 bits per heavy atom. The molecule has 0 saturated carbocycles. The molecular weight excluding hydrogens is 578 g/mol. The molecule has 244 valence electrons. The van der Waals surface area contributed by atoms with Gasteiger partial charge in [0.25, 0.3) is 0 Å². The molecule has 3 atom stereocenters. The van der Waals surface area contributed by atoms with Crippen LogP contribution < -0.4 is 31.4 Å². The zero-order valence-corrected chi connectivity index (χ0v) is 27.1. The first-order valence-corrected chi connectivity index (χ1v) is 16.2. The summed E-state index contributed by atoms with van der Waals surface area (Å²) in [5, 5.41) is 0. The van der Waals surface area contributed by atoms with Gasteiger partial charge < -0.3 is 36.1 Å². The van der Waals surface area contributed by atoms with E-state index in [2.05, 4.69) is 53.6 Å². The average Bonchev–Trinajstić information content (AvgIpc) is 3.06. The highest BCUT2D eigenvalue weighted by Crippen LogP contribution is 2.40. The van der Waals surface area contributed by atoms with Gasteiger partial charge in [0.05, 0.1) is 50.6 Å². The Morgan fingerprint density at radius 3 is 1.26 bits per heavy atom. The van der Waals surface area contributed by atoms with E-state index in [1.165, 1.54) is 23.8 Å². The molecule has 0 fully saturated rings. The Bertz CT molecular complexity index is 1380. The average molecular weight is 629 g/mol. The molecule has 4 rings (SSSR count). The fourth-order valence-corrected chi connectivity index (χ4v) is 5.32. The molecule has 0 aliphatic rings. The van der Waals surface area contributed by atoms with Crippen molar-refractivity contribution in [3.05, 3.63) is 125 Å².